The normalized spacial score (nSPS) is 10.8. The van der Waals surface area contributed by atoms with E-state index in [0.29, 0.717) is 6.54 Å². The summed E-state index contributed by atoms with van der Waals surface area (Å²) in [4.78, 5) is 6.18. The number of hydrogen-bond acceptors (Lipinski definition) is 3. The van der Waals surface area contributed by atoms with Gasteiger partial charge in [-0.2, -0.15) is 0 Å². The summed E-state index contributed by atoms with van der Waals surface area (Å²) < 4.78 is 0. The average molecular weight is 308 g/mol. The molecule has 0 aliphatic carbocycles. The third-order valence-corrected chi connectivity index (χ3v) is 4.75. The van der Waals surface area contributed by atoms with E-state index < -0.39 is 0 Å². The molecule has 3 heteroatoms. The third-order valence-electron chi connectivity index (χ3n) is 3.64. The van der Waals surface area contributed by atoms with Crippen molar-refractivity contribution in [2.45, 2.75) is 19.8 Å². The van der Waals surface area contributed by atoms with Gasteiger partial charge in [-0.05, 0) is 25.5 Å². The molecule has 112 valence electrons. The molecule has 0 atom stereocenters. The second-order valence-corrected chi connectivity index (χ2v) is 6.61. The minimum absolute atomic E-state index is 0.659. The van der Waals surface area contributed by atoms with E-state index in [1.54, 1.807) is 11.3 Å². The van der Waals surface area contributed by atoms with Gasteiger partial charge in [0.2, 0.25) is 0 Å². The molecule has 0 fully saturated rings. The molecule has 2 N–H and O–H groups in total. The highest BCUT2D eigenvalue weighted by Crippen LogP contribution is 2.30. The van der Waals surface area contributed by atoms with Crippen molar-refractivity contribution in [3.05, 3.63) is 75.6 Å². The van der Waals surface area contributed by atoms with Gasteiger partial charge >= 0.3 is 0 Å². The summed E-state index contributed by atoms with van der Waals surface area (Å²) in [6.45, 7) is 2.76. The quantitative estimate of drug-likeness (QED) is 0.767. The fourth-order valence-corrected chi connectivity index (χ4v) is 3.62. The maximum absolute atomic E-state index is 5.77. The molecule has 0 saturated carbocycles. The maximum Gasteiger partial charge on any atom is 0.0979 e. The standard InChI is InChI=1S/C19H20N2S/c1-14-7-9-16(10-8-14)19-17(11-12-20)22-18(21-19)13-15-5-3-2-4-6-15/h2-10H,11-13,20H2,1H3. The summed E-state index contributed by atoms with van der Waals surface area (Å²) >= 11 is 1.79. The van der Waals surface area contributed by atoms with Crippen LogP contribution in [0.1, 0.15) is 21.0 Å². The lowest BCUT2D eigenvalue weighted by Crippen LogP contribution is -2.02. The van der Waals surface area contributed by atoms with Crippen LogP contribution in [0.15, 0.2) is 54.6 Å². The molecule has 0 aliphatic rings. The Kier molecular flexibility index (Phi) is 4.66. The van der Waals surface area contributed by atoms with Gasteiger partial charge in [0.25, 0.3) is 0 Å². The van der Waals surface area contributed by atoms with Crippen molar-refractivity contribution < 1.29 is 0 Å². The molecule has 2 aromatic carbocycles. The zero-order valence-electron chi connectivity index (χ0n) is 12.8. The molecule has 0 bridgehead atoms. The molecule has 3 aromatic rings. The largest absolute Gasteiger partial charge is 0.330 e. The molecular weight excluding hydrogens is 288 g/mol. The summed E-state index contributed by atoms with van der Waals surface area (Å²) in [5.74, 6) is 0. The van der Waals surface area contributed by atoms with Crippen molar-refractivity contribution in [1.82, 2.24) is 4.98 Å². The second-order valence-electron chi connectivity index (χ2n) is 5.45. The van der Waals surface area contributed by atoms with E-state index in [2.05, 4.69) is 55.5 Å². The van der Waals surface area contributed by atoms with Crippen molar-refractivity contribution >= 4 is 11.3 Å². The lowest BCUT2D eigenvalue weighted by Gasteiger charge is -2.01. The fourth-order valence-electron chi connectivity index (χ4n) is 2.48. The van der Waals surface area contributed by atoms with Gasteiger partial charge in [-0.25, -0.2) is 4.98 Å². The fraction of sp³-hybridized carbons (Fsp3) is 0.211. The molecule has 0 radical (unpaired) electrons. The predicted molar refractivity (Wildman–Crippen MR) is 94.3 cm³/mol. The van der Waals surface area contributed by atoms with Crippen molar-refractivity contribution in [2.24, 2.45) is 5.73 Å². The van der Waals surface area contributed by atoms with Gasteiger partial charge in [-0.1, -0.05) is 60.2 Å². The SMILES string of the molecule is Cc1ccc(-c2nc(Cc3ccccc3)sc2CCN)cc1. The van der Waals surface area contributed by atoms with E-state index in [4.69, 9.17) is 10.7 Å². The van der Waals surface area contributed by atoms with Gasteiger partial charge in [-0.15, -0.1) is 11.3 Å². The molecule has 1 aromatic heterocycles. The van der Waals surface area contributed by atoms with Crippen molar-refractivity contribution in [1.29, 1.82) is 0 Å². The molecule has 1 heterocycles. The lowest BCUT2D eigenvalue weighted by atomic mass is 10.1. The summed E-state index contributed by atoms with van der Waals surface area (Å²) in [6, 6.07) is 19.1. The van der Waals surface area contributed by atoms with Crippen LogP contribution in [0.5, 0.6) is 0 Å². The Bertz CT molecular complexity index is 730. The third kappa shape index (κ3) is 3.43. The van der Waals surface area contributed by atoms with Crippen molar-refractivity contribution in [3.63, 3.8) is 0 Å². The van der Waals surface area contributed by atoms with Gasteiger partial charge in [0.05, 0.1) is 10.7 Å². The number of benzene rings is 2. The van der Waals surface area contributed by atoms with E-state index in [1.807, 2.05) is 6.07 Å². The van der Waals surface area contributed by atoms with Crippen LogP contribution in [0.25, 0.3) is 11.3 Å². The molecule has 0 spiro atoms. The van der Waals surface area contributed by atoms with Crippen molar-refractivity contribution in [2.75, 3.05) is 6.54 Å². The predicted octanol–water partition coefficient (Wildman–Crippen LogP) is 4.21. The Morgan fingerprint density at radius 3 is 2.41 bits per heavy atom. The van der Waals surface area contributed by atoms with Crippen LogP contribution < -0.4 is 5.73 Å². The Morgan fingerprint density at radius 2 is 1.73 bits per heavy atom. The number of nitrogens with zero attached hydrogens (tertiary/aromatic N) is 1. The topological polar surface area (TPSA) is 38.9 Å². The van der Waals surface area contributed by atoms with E-state index in [9.17, 15) is 0 Å². The van der Waals surface area contributed by atoms with Crippen LogP contribution >= 0.6 is 11.3 Å². The number of hydrogen-bond donors (Lipinski definition) is 1. The average Bonchev–Trinajstić information content (AvgIpc) is 2.92. The van der Waals surface area contributed by atoms with Crippen LogP contribution in [-0.2, 0) is 12.8 Å². The molecule has 3 rings (SSSR count). The molecule has 2 nitrogen and oxygen atoms in total. The van der Waals surface area contributed by atoms with E-state index in [-0.39, 0.29) is 0 Å². The number of nitrogens with two attached hydrogens (primary N) is 1. The maximum atomic E-state index is 5.77. The molecule has 0 saturated heterocycles. The highest BCUT2D eigenvalue weighted by Gasteiger charge is 2.13. The van der Waals surface area contributed by atoms with Gasteiger partial charge < -0.3 is 5.73 Å². The first kappa shape index (κ1) is 14.9. The zero-order valence-corrected chi connectivity index (χ0v) is 13.6. The Hall–Kier alpha value is -1.97. The number of aryl methyl sites for hydroxylation is 1. The summed E-state index contributed by atoms with van der Waals surface area (Å²) in [5.41, 5.74) is 10.6. The zero-order chi connectivity index (χ0) is 15.4. The summed E-state index contributed by atoms with van der Waals surface area (Å²) in [7, 11) is 0. The van der Waals surface area contributed by atoms with Crippen LogP contribution in [0, 0.1) is 6.92 Å². The minimum Gasteiger partial charge on any atom is -0.330 e. The van der Waals surface area contributed by atoms with Gasteiger partial charge in [0, 0.05) is 16.9 Å². The number of thiazole rings is 1. The molecule has 0 unspecified atom stereocenters. The molecule has 0 aliphatic heterocycles. The second kappa shape index (κ2) is 6.86. The highest BCUT2D eigenvalue weighted by molar-refractivity contribution is 7.12. The highest BCUT2D eigenvalue weighted by atomic mass is 32.1. The van der Waals surface area contributed by atoms with E-state index in [0.717, 1.165) is 23.5 Å². The smallest absolute Gasteiger partial charge is 0.0979 e. The van der Waals surface area contributed by atoms with Gasteiger partial charge in [-0.3, -0.25) is 0 Å². The molecular formula is C19H20N2S. The van der Waals surface area contributed by atoms with Gasteiger partial charge in [0.1, 0.15) is 0 Å². The van der Waals surface area contributed by atoms with Crippen LogP contribution in [0.3, 0.4) is 0 Å². The lowest BCUT2D eigenvalue weighted by molar-refractivity contribution is 0.985. The molecule has 0 amide bonds. The van der Waals surface area contributed by atoms with Crippen LogP contribution in [-0.4, -0.2) is 11.5 Å². The first-order valence-corrected chi connectivity index (χ1v) is 8.37. The van der Waals surface area contributed by atoms with Crippen LogP contribution in [0.2, 0.25) is 0 Å². The van der Waals surface area contributed by atoms with Crippen molar-refractivity contribution in [3.8, 4) is 11.3 Å². The van der Waals surface area contributed by atoms with E-state index >= 15 is 0 Å². The molecule has 22 heavy (non-hydrogen) atoms. The monoisotopic (exact) mass is 308 g/mol. The van der Waals surface area contributed by atoms with Gasteiger partial charge in [0.15, 0.2) is 0 Å². The number of rotatable bonds is 5. The summed E-state index contributed by atoms with van der Waals surface area (Å²) in [6.07, 6.45) is 1.77. The minimum atomic E-state index is 0.659. The summed E-state index contributed by atoms with van der Waals surface area (Å²) in [5, 5.41) is 1.16. The Morgan fingerprint density at radius 1 is 1.00 bits per heavy atom. The Labute approximate surface area is 135 Å². The number of aromatic nitrogens is 1. The first-order valence-electron chi connectivity index (χ1n) is 7.56. The van der Waals surface area contributed by atoms with Crippen LogP contribution in [0.4, 0.5) is 0 Å². The van der Waals surface area contributed by atoms with E-state index in [1.165, 1.54) is 21.6 Å². The Balaban J connectivity index is 1.93. The first-order chi connectivity index (χ1) is 10.8.